The zero-order valence-corrected chi connectivity index (χ0v) is 19.5. The molecule has 0 bridgehead atoms. The molecule has 3 aromatic carbocycles. The predicted octanol–water partition coefficient (Wildman–Crippen LogP) is 6.82. The second kappa shape index (κ2) is 9.84. The lowest BCUT2D eigenvalue weighted by Crippen LogP contribution is -2.39. The van der Waals surface area contributed by atoms with E-state index in [0.717, 1.165) is 43.4 Å². The number of aromatic amines is 1. The van der Waals surface area contributed by atoms with Gasteiger partial charge in [-0.25, -0.2) is 0 Å². The summed E-state index contributed by atoms with van der Waals surface area (Å²) < 4.78 is 0. The number of rotatable bonds is 6. The van der Waals surface area contributed by atoms with Crippen molar-refractivity contribution in [2.45, 2.75) is 31.6 Å². The molecular weight excluding hydrogens is 428 g/mol. The smallest absolute Gasteiger partial charge is 0.223 e. The molecule has 0 radical (unpaired) electrons. The molecular formula is C29H29ClN2O. The van der Waals surface area contributed by atoms with Gasteiger partial charge in [-0.05, 0) is 60.1 Å². The number of nitrogens with zero attached hydrogens (tertiary/aromatic N) is 1. The topological polar surface area (TPSA) is 36.1 Å². The van der Waals surface area contributed by atoms with Gasteiger partial charge in [-0.15, -0.1) is 0 Å². The summed E-state index contributed by atoms with van der Waals surface area (Å²) in [6.07, 6.45) is 5.76. The van der Waals surface area contributed by atoms with Crippen molar-refractivity contribution in [3.63, 3.8) is 0 Å². The zero-order chi connectivity index (χ0) is 22.6. The van der Waals surface area contributed by atoms with Gasteiger partial charge >= 0.3 is 0 Å². The van der Waals surface area contributed by atoms with Gasteiger partial charge in [0.05, 0.1) is 0 Å². The Bertz CT molecular complexity index is 1210. The van der Waals surface area contributed by atoms with Crippen molar-refractivity contribution in [1.82, 2.24) is 9.88 Å². The number of hydrogen-bond donors (Lipinski definition) is 1. The van der Waals surface area contributed by atoms with E-state index in [-0.39, 0.29) is 11.8 Å². The van der Waals surface area contributed by atoms with Crippen molar-refractivity contribution in [3.05, 3.63) is 107 Å². The van der Waals surface area contributed by atoms with Crippen molar-refractivity contribution in [3.8, 4) is 0 Å². The molecule has 1 N–H and O–H groups in total. The van der Waals surface area contributed by atoms with Crippen LogP contribution in [-0.4, -0.2) is 28.9 Å². The highest BCUT2D eigenvalue weighted by Crippen LogP contribution is 2.35. The summed E-state index contributed by atoms with van der Waals surface area (Å²) in [7, 11) is 0. The van der Waals surface area contributed by atoms with Gasteiger partial charge in [0.2, 0.25) is 5.91 Å². The highest BCUT2D eigenvalue weighted by molar-refractivity contribution is 6.30. The summed E-state index contributed by atoms with van der Waals surface area (Å²) >= 11 is 6.15. The van der Waals surface area contributed by atoms with Crippen molar-refractivity contribution in [1.29, 1.82) is 0 Å². The maximum absolute atomic E-state index is 13.4. The maximum Gasteiger partial charge on any atom is 0.223 e. The lowest BCUT2D eigenvalue weighted by atomic mass is 9.86. The van der Waals surface area contributed by atoms with Crippen molar-refractivity contribution < 1.29 is 4.79 Å². The van der Waals surface area contributed by atoms with Crippen LogP contribution in [0.2, 0.25) is 5.02 Å². The number of halogens is 1. The minimum absolute atomic E-state index is 0.00652. The molecule has 1 saturated heterocycles. The Kier molecular flexibility index (Phi) is 6.50. The van der Waals surface area contributed by atoms with Gasteiger partial charge in [0.1, 0.15) is 0 Å². The van der Waals surface area contributed by atoms with E-state index in [1.165, 1.54) is 16.5 Å². The SMILES string of the molecule is O=C(C[C@@H](c1ccc(Cl)cc1)c1c[nH]c2ccccc12)N1CCC(Cc2ccccc2)CC1. The van der Waals surface area contributed by atoms with Crippen LogP contribution in [0.4, 0.5) is 0 Å². The van der Waals surface area contributed by atoms with Crippen LogP contribution in [0, 0.1) is 5.92 Å². The minimum Gasteiger partial charge on any atom is -0.361 e. The molecule has 0 aliphatic carbocycles. The first-order chi connectivity index (χ1) is 16.2. The second-order valence-electron chi connectivity index (χ2n) is 9.11. The van der Waals surface area contributed by atoms with Gasteiger partial charge < -0.3 is 9.88 Å². The summed E-state index contributed by atoms with van der Waals surface area (Å²) in [5.74, 6) is 0.878. The zero-order valence-electron chi connectivity index (χ0n) is 18.7. The standard InChI is InChI=1S/C29H29ClN2O/c30-24-12-10-23(11-13-24)26(27-20-31-28-9-5-4-8-25(27)28)19-29(33)32-16-14-22(15-17-32)18-21-6-2-1-3-7-21/h1-13,20,22,26,31H,14-19H2/t26-/m0/s1. The minimum atomic E-state index is -0.00652. The van der Waals surface area contributed by atoms with Crippen LogP contribution in [0.25, 0.3) is 10.9 Å². The third kappa shape index (κ3) is 4.99. The Morgan fingerprint density at radius 3 is 2.39 bits per heavy atom. The normalized spacial score (nSPS) is 15.6. The Morgan fingerprint density at radius 1 is 0.939 bits per heavy atom. The number of hydrogen-bond acceptors (Lipinski definition) is 1. The van der Waals surface area contributed by atoms with Crippen LogP contribution < -0.4 is 0 Å². The molecule has 2 heterocycles. The van der Waals surface area contributed by atoms with E-state index in [1.807, 2.05) is 30.3 Å². The van der Waals surface area contributed by atoms with Crippen molar-refractivity contribution in [2.24, 2.45) is 5.92 Å². The number of carbonyl (C=O) groups is 1. The van der Waals surface area contributed by atoms with Crippen molar-refractivity contribution in [2.75, 3.05) is 13.1 Å². The average molecular weight is 457 g/mol. The third-order valence-electron chi connectivity index (χ3n) is 6.98. The largest absolute Gasteiger partial charge is 0.361 e. The quantitative estimate of drug-likeness (QED) is 0.339. The number of piperidine rings is 1. The van der Waals surface area contributed by atoms with Gasteiger partial charge in [0.15, 0.2) is 0 Å². The van der Waals surface area contributed by atoms with Crippen LogP contribution in [0.1, 0.15) is 41.9 Å². The van der Waals surface area contributed by atoms with E-state index < -0.39 is 0 Å². The molecule has 1 aromatic heterocycles. The summed E-state index contributed by atoms with van der Waals surface area (Å²) in [4.78, 5) is 18.9. The van der Waals surface area contributed by atoms with Gasteiger partial charge in [0, 0.05) is 47.6 Å². The molecule has 1 aliphatic rings. The van der Waals surface area contributed by atoms with E-state index in [9.17, 15) is 4.79 Å². The molecule has 1 aliphatic heterocycles. The highest BCUT2D eigenvalue weighted by atomic mass is 35.5. The molecule has 0 spiro atoms. The fraction of sp³-hybridized carbons (Fsp3) is 0.276. The Hall–Kier alpha value is -3.04. The number of nitrogens with one attached hydrogen (secondary N) is 1. The van der Waals surface area contributed by atoms with E-state index in [2.05, 4.69) is 64.6 Å². The fourth-order valence-corrected chi connectivity index (χ4v) is 5.25. The van der Waals surface area contributed by atoms with Crippen molar-refractivity contribution >= 4 is 28.4 Å². The summed E-state index contributed by atoms with van der Waals surface area (Å²) in [6.45, 7) is 1.69. The number of likely N-dealkylation sites (tertiary alicyclic amines) is 1. The van der Waals surface area contributed by atoms with Crippen LogP contribution in [0.5, 0.6) is 0 Å². The van der Waals surface area contributed by atoms with Crippen LogP contribution in [0.3, 0.4) is 0 Å². The lowest BCUT2D eigenvalue weighted by molar-refractivity contribution is -0.132. The fourth-order valence-electron chi connectivity index (χ4n) is 5.12. The molecule has 5 rings (SSSR count). The Labute approximate surface area is 200 Å². The molecule has 1 amide bonds. The molecule has 0 unspecified atom stereocenters. The number of amides is 1. The molecule has 33 heavy (non-hydrogen) atoms. The summed E-state index contributed by atoms with van der Waals surface area (Å²) in [5.41, 5.74) is 4.78. The summed E-state index contributed by atoms with van der Waals surface area (Å²) in [6, 6.07) is 26.9. The maximum atomic E-state index is 13.4. The monoisotopic (exact) mass is 456 g/mol. The molecule has 4 heteroatoms. The number of fused-ring (bicyclic) bond motifs is 1. The number of carbonyl (C=O) groups excluding carboxylic acids is 1. The van der Waals surface area contributed by atoms with E-state index in [1.54, 1.807) is 0 Å². The van der Waals surface area contributed by atoms with E-state index in [0.29, 0.717) is 17.4 Å². The first-order valence-electron chi connectivity index (χ1n) is 11.8. The predicted molar refractivity (Wildman–Crippen MR) is 136 cm³/mol. The van der Waals surface area contributed by atoms with Gasteiger partial charge in [-0.1, -0.05) is 72.3 Å². The van der Waals surface area contributed by atoms with Crippen LogP contribution in [-0.2, 0) is 11.2 Å². The molecule has 0 saturated carbocycles. The number of H-pyrrole nitrogens is 1. The van der Waals surface area contributed by atoms with Gasteiger partial charge in [-0.2, -0.15) is 0 Å². The van der Waals surface area contributed by atoms with E-state index in [4.69, 9.17) is 11.6 Å². The molecule has 1 atom stereocenters. The molecule has 3 nitrogen and oxygen atoms in total. The molecule has 4 aromatic rings. The number of para-hydroxylation sites is 1. The Morgan fingerprint density at radius 2 is 1.64 bits per heavy atom. The first kappa shape index (κ1) is 21.8. The highest BCUT2D eigenvalue weighted by Gasteiger charge is 2.27. The first-order valence-corrected chi connectivity index (χ1v) is 12.2. The van der Waals surface area contributed by atoms with Gasteiger partial charge in [0.25, 0.3) is 0 Å². The number of benzene rings is 3. The third-order valence-corrected chi connectivity index (χ3v) is 7.23. The average Bonchev–Trinajstić information content (AvgIpc) is 3.28. The van der Waals surface area contributed by atoms with Gasteiger partial charge in [-0.3, -0.25) is 4.79 Å². The number of aromatic nitrogens is 1. The second-order valence-corrected chi connectivity index (χ2v) is 9.55. The van der Waals surface area contributed by atoms with E-state index >= 15 is 0 Å². The lowest BCUT2D eigenvalue weighted by Gasteiger charge is -2.33. The summed E-state index contributed by atoms with van der Waals surface area (Å²) in [5, 5.41) is 1.88. The van der Waals surface area contributed by atoms with Crippen LogP contribution in [0.15, 0.2) is 85.1 Å². The molecule has 1 fully saturated rings. The van der Waals surface area contributed by atoms with Crippen LogP contribution >= 0.6 is 11.6 Å². The molecule has 168 valence electrons. The Balaban J connectivity index is 1.31.